The highest BCUT2D eigenvalue weighted by Gasteiger charge is 2.13. The molecule has 0 aliphatic carbocycles. The first-order chi connectivity index (χ1) is 27.7. The van der Waals surface area contributed by atoms with Crippen LogP contribution in [0.1, 0.15) is 251 Å². The Labute approximate surface area is 350 Å². The van der Waals surface area contributed by atoms with E-state index in [0.717, 1.165) is 44.9 Å². The van der Waals surface area contributed by atoms with Crippen molar-refractivity contribution in [2.45, 2.75) is 258 Å². The van der Waals surface area contributed by atoms with Gasteiger partial charge in [-0.05, 0) is 51.4 Å². The van der Waals surface area contributed by atoms with Crippen LogP contribution in [-0.4, -0.2) is 37.0 Å². The van der Waals surface area contributed by atoms with Crippen LogP contribution < -0.4 is 0 Å². The van der Waals surface area contributed by atoms with Gasteiger partial charge in [-0.15, -0.1) is 0 Å². The smallest absolute Gasteiger partial charge is 0.306 e. The fourth-order valence-electron chi connectivity index (χ4n) is 7.26. The Bertz CT molecular complexity index is 874. The zero-order chi connectivity index (χ0) is 40.5. The number of esters is 1. The average molecular weight is 785 g/mol. The lowest BCUT2D eigenvalue weighted by Gasteiger charge is -2.16. The van der Waals surface area contributed by atoms with Gasteiger partial charge in [0.2, 0.25) is 0 Å². The van der Waals surface area contributed by atoms with Crippen molar-refractivity contribution in [3.8, 4) is 0 Å². The topological polar surface area (TPSA) is 55.8 Å². The molecule has 1 atom stereocenters. The summed E-state index contributed by atoms with van der Waals surface area (Å²) in [4.78, 5) is 12.3. The normalized spacial score (nSPS) is 12.7. The van der Waals surface area contributed by atoms with Crippen molar-refractivity contribution in [3.05, 3.63) is 48.6 Å². The molecule has 0 bridgehead atoms. The Hall–Kier alpha value is -1.65. The van der Waals surface area contributed by atoms with Gasteiger partial charge in [-0.2, -0.15) is 0 Å². The van der Waals surface area contributed by atoms with E-state index in [4.69, 9.17) is 9.47 Å². The van der Waals surface area contributed by atoms with E-state index in [-0.39, 0.29) is 12.6 Å². The molecule has 0 amide bonds. The summed E-state index contributed by atoms with van der Waals surface area (Å²) in [7, 11) is 0. The molecule has 0 saturated heterocycles. The molecule has 0 radical (unpaired) electrons. The van der Waals surface area contributed by atoms with E-state index in [0.29, 0.717) is 19.6 Å². The summed E-state index contributed by atoms with van der Waals surface area (Å²) in [6.45, 7) is 5.26. The molecule has 4 nitrogen and oxygen atoms in total. The average Bonchev–Trinajstić information content (AvgIpc) is 3.20. The van der Waals surface area contributed by atoms with Crippen molar-refractivity contribution >= 4 is 5.97 Å². The molecular weight excluding hydrogens is 689 g/mol. The van der Waals surface area contributed by atoms with Gasteiger partial charge in [0, 0.05) is 13.0 Å². The van der Waals surface area contributed by atoms with Crippen molar-refractivity contribution in [2.24, 2.45) is 0 Å². The standard InChI is InChI=1S/C52H96O4/c1-3-5-7-9-11-13-15-17-19-21-23-25-26-28-30-32-34-36-38-40-42-44-46-48-55-50-51(49-53)56-52(54)47-45-43-41-39-37-35-33-31-29-27-24-22-20-18-16-14-12-10-8-6-4-2/h6,8,12,14,18,20,24,27,51,53H,3-5,7,9-11,13,15-17,19,21-23,25-26,28-50H2,1-2H3/b8-6-,14-12-,20-18-,27-24-. The highest BCUT2D eigenvalue weighted by atomic mass is 16.6. The number of carbonyl (C=O) groups is 1. The van der Waals surface area contributed by atoms with Gasteiger partial charge < -0.3 is 14.6 Å². The predicted octanol–water partition coefficient (Wildman–Crippen LogP) is 16.6. The minimum absolute atomic E-state index is 0.173. The van der Waals surface area contributed by atoms with E-state index in [2.05, 4.69) is 62.5 Å². The molecule has 0 aromatic heterocycles. The zero-order valence-electron chi connectivity index (χ0n) is 37.7. The summed E-state index contributed by atoms with van der Waals surface area (Å²) in [5, 5.41) is 9.64. The first-order valence-electron chi connectivity index (χ1n) is 24.7. The van der Waals surface area contributed by atoms with Crippen LogP contribution in [0.25, 0.3) is 0 Å². The molecule has 0 saturated carbocycles. The van der Waals surface area contributed by atoms with Gasteiger partial charge in [0.25, 0.3) is 0 Å². The lowest BCUT2D eigenvalue weighted by molar-refractivity contribution is -0.154. The van der Waals surface area contributed by atoms with Crippen molar-refractivity contribution in [3.63, 3.8) is 0 Å². The highest BCUT2D eigenvalue weighted by molar-refractivity contribution is 5.69. The minimum Gasteiger partial charge on any atom is -0.457 e. The van der Waals surface area contributed by atoms with E-state index < -0.39 is 6.10 Å². The Morgan fingerprint density at radius 2 is 0.804 bits per heavy atom. The van der Waals surface area contributed by atoms with Crippen LogP contribution in [0.15, 0.2) is 48.6 Å². The largest absolute Gasteiger partial charge is 0.457 e. The van der Waals surface area contributed by atoms with Crippen LogP contribution in [0.5, 0.6) is 0 Å². The fourth-order valence-corrected chi connectivity index (χ4v) is 7.26. The van der Waals surface area contributed by atoms with Gasteiger partial charge in [0.15, 0.2) is 0 Å². The third-order valence-corrected chi connectivity index (χ3v) is 10.9. The number of rotatable bonds is 46. The van der Waals surface area contributed by atoms with Gasteiger partial charge >= 0.3 is 5.97 Å². The van der Waals surface area contributed by atoms with Gasteiger partial charge in [0.1, 0.15) is 6.10 Å². The molecule has 0 heterocycles. The molecule has 0 aromatic carbocycles. The predicted molar refractivity (Wildman–Crippen MR) is 247 cm³/mol. The molecule has 56 heavy (non-hydrogen) atoms. The lowest BCUT2D eigenvalue weighted by atomic mass is 10.0. The molecule has 0 aliphatic heterocycles. The fraction of sp³-hybridized carbons (Fsp3) is 0.827. The maximum Gasteiger partial charge on any atom is 0.306 e. The molecule has 0 fully saturated rings. The summed E-state index contributed by atoms with van der Waals surface area (Å²) >= 11 is 0. The van der Waals surface area contributed by atoms with Crippen LogP contribution in [0.4, 0.5) is 0 Å². The molecule has 4 heteroatoms. The maximum absolute atomic E-state index is 12.3. The van der Waals surface area contributed by atoms with Crippen LogP contribution in [0.3, 0.4) is 0 Å². The Morgan fingerprint density at radius 1 is 0.446 bits per heavy atom. The third kappa shape index (κ3) is 46.7. The molecule has 0 spiro atoms. The summed E-state index contributed by atoms with van der Waals surface area (Å²) in [5.41, 5.74) is 0. The molecule has 328 valence electrons. The number of hydrogen-bond donors (Lipinski definition) is 1. The van der Waals surface area contributed by atoms with E-state index in [1.807, 2.05) is 0 Å². The van der Waals surface area contributed by atoms with Crippen LogP contribution in [-0.2, 0) is 14.3 Å². The monoisotopic (exact) mass is 785 g/mol. The van der Waals surface area contributed by atoms with Crippen LogP contribution in [0.2, 0.25) is 0 Å². The second kappa shape index (κ2) is 49.5. The Balaban J connectivity index is 3.40. The van der Waals surface area contributed by atoms with E-state index in [9.17, 15) is 9.90 Å². The Morgan fingerprint density at radius 3 is 1.21 bits per heavy atom. The summed E-state index contributed by atoms with van der Waals surface area (Å²) in [6, 6.07) is 0. The number of unbranched alkanes of at least 4 members (excludes halogenated alkanes) is 30. The molecule has 0 aliphatic rings. The Kier molecular flexibility index (Phi) is 48.0. The van der Waals surface area contributed by atoms with Crippen LogP contribution >= 0.6 is 0 Å². The van der Waals surface area contributed by atoms with E-state index in [1.54, 1.807) is 0 Å². The van der Waals surface area contributed by atoms with Gasteiger partial charge in [0.05, 0.1) is 13.2 Å². The van der Waals surface area contributed by atoms with Crippen molar-refractivity contribution in [1.82, 2.24) is 0 Å². The molecule has 0 rings (SSSR count). The number of aliphatic hydroxyl groups excluding tert-OH is 1. The van der Waals surface area contributed by atoms with Crippen molar-refractivity contribution in [2.75, 3.05) is 19.8 Å². The van der Waals surface area contributed by atoms with Crippen molar-refractivity contribution < 1.29 is 19.4 Å². The molecule has 1 N–H and O–H groups in total. The van der Waals surface area contributed by atoms with Gasteiger partial charge in [-0.25, -0.2) is 0 Å². The quantitative estimate of drug-likeness (QED) is 0.0379. The first kappa shape index (κ1) is 54.3. The van der Waals surface area contributed by atoms with Crippen LogP contribution in [0, 0.1) is 0 Å². The first-order valence-corrected chi connectivity index (χ1v) is 24.7. The maximum atomic E-state index is 12.3. The molecular formula is C52H96O4. The minimum atomic E-state index is -0.538. The van der Waals surface area contributed by atoms with Crippen molar-refractivity contribution in [1.29, 1.82) is 0 Å². The molecule has 0 aromatic rings. The molecule has 1 unspecified atom stereocenters. The number of ether oxygens (including phenoxy) is 2. The number of allylic oxidation sites excluding steroid dienone is 8. The number of hydrogen-bond acceptors (Lipinski definition) is 4. The third-order valence-electron chi connectivity index (χ3n) is 10.9. The SMILES string of the molecule is CC/C=C\C/C=C\C/C=C\C/C=C\CCCCCCCCCCC(=O)OC(CO)COCCCCCCCCCCCCCCCCCCCCCCCCC. The number of aliphatic hydroxyl groups is 1. The van der Waals surface area contributed by atoms with E-state index in [1.165, 1.54) is 186 Å². The zero-order valence-corrected chi connectivity index (χ0v) is 37.7. The summed E-state index contributed by atoms with van der Waals surface area (Å²) in [5.74, 6) is -0.205. The second-order valence-electron chi connectivity index (χ2n) is 16.5. The summed E-state index contributed by atoms with van der Waals surface area (Å²) in [6.07, 6.45) is 64.8. The number of carbonyl (C=O) groups excluding carboxylic acids is 1. The second-order valence-corrected chi connectivity index (χ2v) is 16.5. The van der Waals surface area contributed by atoms with Gasteiger partial charge in [-0.1, -0.05) is 242 Å². The highest BCUT2D eigenvalue weighted by Crippen LogP contribution is 2.16. The van der Waals surface area contributed by atoms with Gasteiger partial charge in [-0.3, -0.25) is 4.79 Å². The van der Waals surface area contributed by atoms with E-state index >= 15 is 0 Å². The lowest BCUT2D eigenvalue weighted by Crippen LogP contribution is -2.27. The summed E-state index contributed by atoms with van der Waals surface area (Å²) < 4.78 is 11.2.